The zero-order valence-corrected chi connectivity index (χ0v) is 12.5. The highest BCUT2D eigenvalue weighted by Crippen LogP contribution is 2.35. The summed E-state index contributed by atoms with van der Waals surface area (Å²) in [5.41, 5.74) is 2.95. The average Bonchev–Trinajstić information content (AvgIpc) is 2.48. The third kappa shape index (κ3) is 2.89. The van der Waals surface area contributed by atoms with E-state index < -0.39 is 5.38 Å². The lowest BCUT2D eigenvalue weighted by atomic mass is 9.96. The first-order chi connectivity index (χ1) is 10.0. The van der Waals surface area contributed by atoms with Crippen molar-refractivity contribution in [3.05, 3.63) is 63.9 Å². The van der Waals surface area contributed by atoms with Gasteiger partial charge in [-0.3, -0.25) is 4.79 Å². The molecule has 0 fully saturated rings. The van der Waals surface area contributed by atoms with Crippen LogP contribution in [-0.4, -0.2) is 5.91 Å². The molecule has 1 aliphatic rings. The first kappa shape index (κ1) is 14.4. The quantitative estimate of drug-likeness (QED) is 0.798. The van der Waals surface area contributed by atoms with E-state index in [9.17, 15) is 9.18 Å². The second-order valence-electron chi connectivity index (χ2n) is 4.99. The van der Waals surface area contributed by atoms with Gasteiger partial charge in [-0.2, -0.15) is 0 Å². The van der Waals surface area contributed by atoms with Gasteiger partial charge in [0, 0.05) is 22.7 Å². The number of fused-ring (bicyclic) bond motifs is 1. The number of alkyl halides is 1. The normalized spacial score (nSPS) is 15.3. The molecule has 0 aromatic heterocycles. The van der Waals surface area contributed by atoms with Gasteiger partial charge in [0.2, 0.25) is 5.91 Å². The van der Waals surface area contributed by atoms with Crippen molar-refractivity contribution in [2.75, 3.05) is 5.32 Å². The molecular weight excluding hydrogens is 312 g/mol. The first-order valence-corrected chi connectivity index (χ1v) is 7.38. The van der Waals surface area contributed by atoms with E-state index >= 15 is 0 Å². The minimum atomic E-state index is -0.619. The Morgan fingerprint density at radius 3 is 2.76 bits per heavy atom. The van der Waals surface area contributed by atoms with Crippen molar-refractivity contribution in [3.8, 4) is 0 Å². The Morgan fingerprint density at radius 1 is 1.14 bits per heavy atom. The van der Waals surface area contributed by atoms with Crippen LogP contribution in [0.5, 0.6) is 0 Å². The molecule has 1 unspecified atom stereocenters. The predicted molar refractivity (Wildman–Crippen MR) is 82.5 cm³/mol. The zero-order valence-electron chi connectivity index (χ0n) is 11.0. The average molecular weight is 324 g/mol. The molecule has 2 nitrogen and oxygen atoms in total. The van der Waals surface area contributed by atoms with Crippen LogP contribution in [-0.2, 0) is 11.2 Å². The van der Waals surface area contributed by atoms with E-state index in [-0.39, 0.29) is 11.7 Å². The fraction of sp³-hybridized carbons (Fsp3) is 0.188. The SMILES string of the molecule is O=C1CCc2cc(C(Cl)c3cc(Cl)ccc3F)ccc2N1. The Balaban J connectivity index is 1.97. The van der Waals surface area contributed by atoms with Gasteiger partial charge in [-0.15, -0.1) is 11.6 Å². The zero-order chi connectivity index (χ0) is 15.0. The van der Waals surface area contributed by atoms with E-state index in [1.807, 2.05) is 6.07 Å². The summed E-state index contributed by atoms with van der Waals surface area (Å²) in [4.78, 5) is 11.3. The molecule has 0 spiro atoms. The number of amides is 1. The van der Waals surface area contributed by atoms with Gasteiger partial charge in [0.15, 0.2) is 0 Å². The highest BCUT2D eigenvalue weighted by molar-refractivity contribution is 6.31. The number of nitrogens with one attached hydrogen (secondary N) is 1. The van der Waals surface area contributed by atoms with Crippen LogP contribution in [0.2, 0.25) is 5.02 Å². The number of anilines is 1. The number of hydrogen-bond donors (Lipinski definition) is 1. The molecule has 5 heteroatoms. The predicted octanol–water partition coefficient (Wildman–Crippen LogP) is 4.69. The molecule has 3 rings (SSSR count). The van der Waals surface area contributed by atoms with Gasteiger partial charge in [0.1, 0.15) is 5.82 Å². The molecule has 0 radical (unpaired) electrons. The van der Waals surface area contributed by atoms with Crippen molar-refractivity contribution in [2.24, 2.45) is 0 Å². The lowest BCUT2D eigenvalue weighted by Gasteiger charge is -2.19. The summed E-state index contributed by atoms with van der Waals surface area (Å²) < 4.78 is 13.9. The fourth-order valence-corrected chi connectivity index (χ4v) is 2.93. The van der Waals surface area contributed by atoms with Gasteiger partial charge in [-0.05, 0) is 41.8 Å². The van der Waals surface area contributed by atoms with E-state index in [0.29, 0.717) is 23.4 Å². The number of carbonyl (C=O) groups excluding carboxylic acids is 1. The first-order valence-electron chi connectivity index (χ1n) is 6.56. The highest BCUT2D eigenvalue weighted by atomic mass is 35.5. The van der Waals surface area contributed by atoms with Crippen LogP contribution < -0.4 is 5.32 Å². The molecule has 1 heterocycles. The van der Waals surface area contributed by atoms with Crippen molar-refractivity contribution >= 4 is 34.8 Å². The minimum Gasteiger partial charge on any atom is -0.326 e. The molecule has 0 bridgehead atoms. The van der Waals surface area contributed by atoms with Crippen LogP contribution in [0.25, 0.3) is 0 Å². The summed E-state index contributed by atoms with van der Waals surface area (Å²) in [5.74, 6) is -0.371. The summed E-state index contributed by atoms with van der Waals surface area (Å²) in [5, 5.41) is 2.64. The van der Waals surface area contributed by atoms with Crippen LogP contribution in [0.1, 0.15) is 28.5 Å². The number of rotatable bonds is 2. The third-order valence-electron chi connectivity index (χ3n) is 3.55. The van der Waals surface area contributed by atoms with Crippen molar-refractivity contribution < 1.29 is 9.18 Å². The number of benzene rings is 2. The van der Waals surface area contributed by atoms with Crippen molar-refractivity contribution in [1.29, 1.82) is 0 Å². The van der Waals surface area contributed by atoms with Gasteiger partial charge < -0.3 is 5.32 Å². The molecule has 2 aromatic carbocycles. The molecule has 0 aliphatic carbocycles. The van der Waals surface area contributed by atoms with Crippen molar-refractivity contribution in [2.45, 2.75) is 18.2 Å². The molecule has 2 aromatic rings. The standard InChI is InChI=1S/C16H12Cl2FNO/c17-11-3-4-13(19)12(8-11)16(18)10-1-5-14-9(7-10)2-6-15(21)20-14/h1,3-5,7-8,16H,2,6H2,(H,20,21). The molecule has 1 aliphatic heterocycles. The van der Waals surface area contributed by atoms with Gasteiger partial charge >= 0.3 is 0 Å². The smallest absolute Gasteiger partial charge is 0.224 e. The molecule has 108 valence electrons. The molecule has 1 N–H and O–H groups in total. The maximum Gasteiger partial charge on any atom is 0.224 e. The van der Waals surface area contributed by atoms with Crippen LogP contribution in [0.15, 0.2) is 36.4 Å². The Labute approximate surface area is 131 Å². The second kappa shape index (κ2) is 5.66. The lowest BCUT2D eigenvalue weighted by molar-refractivity contribution is -0.116. The maximum absolute atomic E-state index is 13.9. The Bertz CT molecular complexity index is 717. The molecule has 0 saturated heterocycles. The Morgan fingerprint density at radius 2 is 1.95 bits per heavy atom. The van der Waals surface area contributed by atoms with Gasteiger partial charge in [-0.25, -0.2) is 4.39 Å². The van der Waals surface area contributed by atoms with Crippen LogP contribution in [0.3, 0.4) is 0 Å². The van der Waals surface area contributed by atoms with E-state index in [0.717, 1.165) is 16.8 Å². The van der Waals surface area contributed by atoms with Crippen molar-refractivity contribution in [3.63, 3.8) is 0 Å². The number of hydrogen-bond acceptors (Lipinski definition) is 1. The van der Waals surface area contributed by atoms with E-state index in [1.54, 1.807) is 12.1 Å². The van der Waals surface area contributed by atoms with E-state index in [4.69, 9.17) is 23.2 Å². The van der Waals surface area contributed by atoms with Crippen LogP contribution >= 0.6 is 23.2 Å². The summed E-state index contributed by atoms with van der Waals surface area (Å²) >= 11 is 12.3. The summed E-state index contributed by atoms with van der Waals surface area (Å²) in [7, 11) is 0. The third-order valence-corrected chi connectivity index (χ3v) is 4.27. The monoisotopic (exact) mass is 323 g/mol. The van der Waals surface area contributed by atoms with Gasteiger partial charge in [-0.1, -0.05) is 23.7 Å². The number of aryl methyl sites for hydroxylation is 1. The number of carbonyl (C=O) groups is 1. The second-order valence-corrected chi connectivity index (χ2v) is 5.87. The number of halogens is 3. The Kier molecular flexibility index (Phi) is 3.87. The van der Waals surface area contributed by atoms with Gasteiger partial charge in [0.05, 0.1) is 5.38 Å². The summed E-state index contributed by atoms with van der Waals surface area (Å²) in [6.07, 6.45) is 1.12. The lowest BCUT2D eigenvalue weighted by Crippen LogP contribution is -2.19. The van der Waals surface area contributed by atoms with E-state index in [2.05, 4.69) is 5.32 Å². The largest absolute Gasteiger partial charge is 0.326 e. The van der Waals surface area contributed by atoms with Crippen molar-refractivity contribution in [1.82, 2.24) is 0 Å². The van der Waals surface area contributed by atoms with E-state index in [1.165, 1.54) is 18.2 Å². The highest BCUT2D eigenvalue weighted by Gasteiger charge is 2.20. The maximum atomic E-state index is 13.9. The van der Waals surface area contributed by atoms with Gasteiger partial charge in [0.25, 0.3) is 0 Å². The summed E-state index contributed by atoms with van der Waals surface area (Å²) in [6, 6.07) is 9.85. The van der Waals surface area contributed by atoms with Crippen LogP contribution in [0.4, 0.5) is 10.1 Å². The molecular formula is C16H12Cl2FNO. The topological polar surface area (TPSA) is 29.1 Å². The van der Waals surface area contributed by atoms with Crippen LogP contribution in [0, 0.1) is 5.82 Å². The molecule has 0 saturated carbocycles. The fourth-order valence-electron chi connectivity index (χ4n) is 2.45. The molecule has 1 atom stereocenters. The Hall–Kier alpha value is -1.58. The minimum absolute atomic E-state index is 0.0126. The molecule has 1 amide bonds. The molecule has 21 heavy (non-hydrogen) atoms. The summed E-state index contributed by atoms with van der Waals surface area (Å²) in [6.45, 7) is 0.